The van der Waals surface area contributed by atoms with E-state index >= 15 is 0 Å². The first-order chi connectivity index (χ1) is 7.25. The summed E-state index contributed by atoms with van der Waals surface area (Å²) in [7, 11) is 0. The molecule has 0 bridgehead atoms. The number of aryl methyl sites for hydroxylation is 1. The van der Waals surface area contributed by atoms with E-state index in [2.05, 4.69) is 33.7 Å². The summed E-state index contributed by atoms with van der Waals surface area (Å²) >= 11 is 1.40. The highest BCUT2D eigenvalue weighted by Crippen LogP contribution is 2.19. The van der Waals surface area contributed by atoms with Gasteiger partial charge < -0.3 is 5.32 Å². The molecular formula is C11H13N3S. The highest BCUT2D eigenvalue weighted by Gasteiger charge is 2.06. The molecule has 2 aromatic rings. The van der Waals surface area contributed by atoms with Gasteiger partial charge in [0.2, 0.25) is 5.13 Å². The molecule has 1 aromatic heterocycles. The van der Waals surface area contributed by atoms with Gasteiger partial charge in [0.15, 0.2) is 0 Å². The van der Waals surface area contributed by atoms with Gasteiger partial charge in [-0.15, -0.1) is 0 Å². The molecule has 1 aromatic carbocycles. The van der Waals surface area contributed by atoms with E-state index < -0.39 is 0 Å². The third-order valence-corrected chi connectivity index (χ3v) is 2.90. The minimum absolute atomic E-state index is 0.263. The van der Waals surface area contributed by atoms with Gasteiger partial charge in [-0.25, -0.2) is 4.98 Å². The number of nitrogens with one attached hydrogen (secondary N) is 1. The first-order valence-electron chi connectivity index (χ1n) is 4.87. The predicted molar refractivity (Wildman–Crippen MR) is 63.1 cm³/mol. The van der Waals surface area contributed by atoms with Crippen LogP contribution in [0, 0.1) is 6.92 Å². The fraction of sp³-hybridized carbons (Fsp3) is 0.273. The van der Waals surface area contributed by atoms with Gasteiger partial charge >= 0.3 is 0 Å². The number of nitrogens with zero attached hydrogens (tertiary/aromatic N) is 2. The van der Waals surface area contributed by atoms with Gasteiger partial charge in [0, 0.05) is 11.5 Å². The number of hydrogen-bond donors (Lipinski definition) is 1. The van der Waals surface area contributed by atoms with Gasteiger partial charge in [0.05, 0.1) is 6.04 Å². The van der Waals surface area contributed by atoms with Gasteiger partial charge in [0.25, 0.3) is 0 Å². The molecule has 78 valence electrons. The molecule has 4 heteroatoms. The second-order valence-corrected chi connectivity index (χ2v) is 4.18. The highest BCUT2D eigenvalue weighted by molar-refractivity contribution is 7.09. The normalized spacial score (nSPS) is 12.4. The largest absolute Gasteiger partial charge is 0.354 e. The van der Waals surface area contributed by atoms with E-state index in [4.69, 9.17) is 0 Å². The molecule has 0 radical (unpaired) electrons. The molecular weight excluding hydrogens is 206 g/mol. The molecule has 0 saturated heterocycles. The third-order valence-electron chi connectivity index (χ3n) is 2.17. The first-order valence-corrected chi connectivity index (χ1v) is 5.65. The molecule has 0 aliphatic heterocycles. The van der Waals surface area contributed by atoms with Crippen molar-refractivity contribution in [2.75, 3.05) is 5.32 Å². The van der Waals surface area contributed by atoms with E-state index in [9.17, 15) is 0 Å². The smallest absolute Gasteiger partial charge is 0.203 e. The molecule has 3 nitrogen and oxygen atoms in total. The molecule has 0 spiro atoms. The molecule has 2 rings (SSSR count). The molecule has 0 saturated carbocycles. The molecule has 0 amide bonds. The lowest BCUT2D eigenvalue weighted by Crippen LogP contribution is -2.05. The predicted octanol–water partition coefficient (Wildman–Crippen LogP) is 3.02. The van der Waals surface area contributed by atoms with Crippen LogP contribution in [0.5, 0.6) is 0 Å². The number of anilines is 1. The Morgan fingerprint density at radius 2 is 2.00 bits per heavy atom. The highest BCUT2D eigenvalue weighted by atomic mass is 32.1. The van der Waals surface area contributed by atoms with Crippen molar-refractivity contribution in [1.82, 2.24) is 9.36 Å². The Morgan fingerprint density at radius 3 is 2.60 bits per heavy atom. The Morgan fingerprint density at radius 1 is 1.27 bits per heavy atom. The molecule has 0 fully saturated rings. The van der Waals surface area contributed by atoms with E-state index in [0.717, 1.165) is 11.0 Å². The second-order valence-electron chi connectivity index (χ2n) is 3.42. The lowest BCUT2D eigenvalue weighted by atomic mass is 10.1. The number of aromatic nitrogens is 2. The van der Waals surface area contributed by atoms with Gasteiger partial charge in [-0.05, 0) is 19.4 Å². The fourth-order valence-corrected chi connectivity index (χ4v) is 2.03. The molecule has 0 unspecified atom stereocenters. The maximum atomic E-state index is 4.27. The van der Waals surface area contributed by atoms with Crippen molar-refractivity contribution in [3.8, 4) is 0 Å². The average molecular weight is 219 g/mol. The van der Waals surface area contributed by atoms with Crippen LogP contribution in [0.3, 0.4) is 0 Å². The van der Waals surface area contributed by atoms with Crippen molar-refractivity contribution in [2.24, 2.45) is 0 Å². The molecule has 15 heavy (non-hydrogen) atoms. The van der Waals surface area contributed by atoms with Crippen molar-refractivity contribution in [3.63, 3.8) is 0 Å². The molecule has 1 N–H and O–H groups in total. The zero-order valence-electron chi connectivity index (χ0n) is 8.77. The maximum absolute atomic E-state index is 4.27. The summed E-state index contributed by atoms with van der Waals surface area (Å²) in [5, 5.41) is 4.20. The molecule has 1 atom stereocenters. The standard InChI is InChI=1S/C11H13N3S/c1-8(10-6-4-3-5-7-10)12-11-13-9(2)14-15-11/h3-8H,1-2H3,(H,12,13,14)/t8-/m1/s1. The summed E-state index contributed by atoms with van der Waals surface area (Å²) in [6.45, 7) is 4.01. The lowest BCUT2D eigenvalue weighted by Gasteiger charge is -2.12. The van der Waals surface area contributed by atoms with Crippen LogP contribution >= 0.6 is 11.5 Å². The second kappa shape index (κ2) is 4.40. The molecule has 1 heterocycles. The van der Waals surface area contributed by atoms with Gasteiger partial charge in [-0.2, -0.15) is 4.37 Å². The summed E-state index contributed by atoms with van der Waals surface area (Å²) in [5.74, 6) is 0.822. The average Bonchev–Trinajstić information content (AvgIpc) is 2.65. The number of benzene rings is 1. The number of hydrogen-bond acceptors (Lipinski definition) is 4. The zero-order valence-corrected chi connectivity index (χ0v) is 9.58. The Labute approximate surface area is 93.4 Å². The van der Waals surface area contributed by atoms with Crippen LogP contribution in [0.1, 0.15) is 24.4 Å². The zero-order chi connectivity index (χ0) is 10.7. The molecule has 0 aliphatic rings. The Kier molecular flexibility index (Phi) is 2.97. The Bertz CT molecular complexity index is 424. The van der Waals surface area contributed by atoms with Crippen molar-refractivity contribution in [2.45, 2.75) is 19.9 Å². The van der Waals surface area contributed by atoms with E-state index in [-0.39, 0.29) is 6.04 Å². The topological polar surface area (TPSA) is 37.8 Å². The van der Waals surface area contributed by atoms with Crippen molar-refractivity contribution in [3.05, 3.63) is 41.7 Å². The van der Waals surface area contributed by atoms with Crippen molar-refractivity contribution in [1.29, 1.82) is 0 Å². The summed E-state index contributed by atoms with van der Waals surface area (Å²) in [5.41, 5.74) is 1.25. The monoisotopic (exact) mass is 219 g/mol. The third kappa shape index (κ3) is 2.53. The summed E-state index contributed by atoms with van der Waals surface area (Å²) in [4.78, 5) is 4.27. The fourth-order valence-electron chi connectivity index (χ4n) is 1.37. The summed E-state index contributed by atoms with van der Waals surface area (Å²) in [6, 6.07) is 10.6. The number of rotatable bonds is 3. The van der Waals surface area contributed by atoms with E-state index in [1.54, 1.807) is 0 Å². The van der Waals surface area contributed by atoms with E-state index in [1.807, 2.05) is 25.1 Å². The quantitative estimate of drug-likeness (QED) is 0.862. The van der Waals surface area contributed by atoms with Crippen LogP contribution in [0.25, 0.3) is 0 Å². The van der Waals surface area contributed by atoms with Crippen LogP contribution in [-0.2, 0) is 0 Å². The SMILES string of the molecule is Cc1nsc(N[C@H](C)c2ccccc2)n1. The van der Waals surface area contributed by atoms with E-state index in [0.29, 0.717) is 0 Å². The Hall–Kier alpha value is -1.42. The van der Waals surface area contributed by atoms with Crippen molar-refractivity contribution < 1.29 is 0 Å². The van der Waals surface area contributed by atoms with Gasteiger partial charge in [0.1, 0.15) is 5.82 Å². The Balaban J connectivity index is 2.07. The van der Waals surface area contributed by atoms with Crippen LogP contribution in [0.2, 0.25) is 0 Å². The minimum atomic E-state index is 0.263. The molecule has 0 aliphatic carbocycles. The van der Waals surface area contributed by atoms with Gasteiger partial charge in [-0.1, -0.05) is 30.3 Å². The first kappa shape index (κ1) is 10.1. The van der Waals surface area contributed by atoms with Gasteiger partial charge in [-0.3, -0.25) is 0 Å². The maximum Gasteiger partial charge on any atom is 0.203 e. The van der Waals surface area contributed by atoms with Crippen LogP contribution in [0.4, 0.5) is 5.13 Å². The van der Waals surface area contributed by atoms with Crippen LogP contribution in [0.15, 0.2) is 30.3 Å². The summed E-state index contributed by atoms with van der Waals surface area (Å²) < 4.78 is 4.13. The van der Waals surface area contributed by atoms with Crippen LogP contribution < -0.4 is 5.32 Å². The minimum Gasteiger partial charge on any atom is -0.354 e. The van der Waals surface area contributed by atoms with Crippen LogP contribution in [-0.4, -0.2) is 9.36 Å². The van der Waals surface area contributed by atoms with Crippen molar-refractivity contribution >= 4 is 16.7 Å². The summed E-state index contributed by atoms with van der Waals surface area (Å²) in [6.07, 6.45) is 0. The van der Waals surface area contributed by atoms with E-state index in [1.165, 1.54) is 17.1 Å². The lowest BCUT2D eigenvalue weighted by molar-refractivity contribution is 0.880.